The molecule has 3 rings (SSSR count). The first-order valence-electron chi connectivity index (χ1n) is 6.24. The second kappa shape index (κ2) is 5.61. The molecule has 0 radical (unpaired) electrons. The molecule has 1 atom stereocenters. The predicted octanol–water partition coefficient (Wildman–Crippen LogP) is 3.62. The van der Waals surface area contributed by atoms with E-state index in [1.54, 1.807) is 0 Å². The van der Waals surface area contributed by atoms with Gasteiger partial charge >= 0.3 is 0 Å². The van der Waals surface area contributed by atoms with Crippen LogP contribution in [-0.4, -0.2) is 23.2 Å². The summed E-state index contributed by atoms with van der Waals surface area (Å²) >= 11 is 9.48. The first-order valence-corrected chi connectivity index (χ1v) is 7.41. The van der Waals surface area contributed by atoms with Gasteiger partial charge in [0.1, 0.15) is 0 Å². The third kappa shape index (κ3) is 2.83. The fourth-order valence-electron chi connectivity index (χ4n) is 2.24. The van der Waals surface area contributed by atoms with E-state index in [1.165, 1.54) is 0 Å². The number of nitrogens with one attached hydrogen (secondary N) is 1. The zero-order valence-electron chi connectivity index (χ0n) is 10.2. The molecule has 1 aromatic heterocycles. The minimum atomic E-state index is 0.337. The van der Waals surface area contributed by atoms with Crippen molar-refractivity contribution in [3.63, 3.8) is 0 Å². The van der Waals surface area contributed by atoms with E-state index < -0.39 is 0 Å². The number of hydrogen-bond acceptors (Lipinski definition) is 4. The van der Waals surface area contributed by atoms with Gasteiger partial charge in [-0.2, -0.15) is 4.98 Å². The highest BCUT2D eigenvalue weighted by molar-refractivity contribution is 9.10. The zero-order valence-corrected chi connectivity index (χ0v) is 12.5. The molecule has 2 heterocycles. The van der Waals surface area contributed by atoms with Crippen LogP contribution in [0, 0.1) is 0 Å². The summed E-state index contributed by atoms with van der Waals surface area (Å²) in [5.74, 6) is 1.62. The molecule has 1 N–H and O–H groups in total. The predicted molar refractivity (Wildman–Crippen MR) is 77.3 cm³/mol. The van der Waals surface area contributed by atoms with Crippen molar-refractivity contribution in [2.24, 2.45) is 0 Å². The van der Waals surface area contributed by atoms with Crippen LogP contribution < -0.4 is 5.32 Å². The monoisotopic (exact) mass is 341 g/mol. The molecule has 2 aromatic rings. The highest BCUT2D eigenvalue weighted by atomic mass is 79.9. The normalized spacial score (nSPS) is 19.6. The van der Waals surface area contributed by atoms with Gasteiger partial charge in [0, 0.05) is 22.0 Å². The second-order valence-corrected chi connectivity index (χ2v) is 5.92. The average Bonchev–Trinajstić information content (AvgIpc) is 2.92. The van der Waals surface area contributed by atoms with Crippen molar-refractivity contribution in [1.29, 1.82) is 0 Å². The van der Waals surface area contributed by atoms with Crippen LogP contribution in [0.1, 0.15) is 24.6 Å². The van der Waals surface area contributed by atoms with Crippen LogP contribution in [0.2, 0.25) is 5.02 Å². The van der Waals surface area contributed by atoms with Gasteiger partial charge in [-0.05, 0) is 53.5 Å². The fraction of sp³-hybridized carbons (Fsp3) is 0.385. The number of piperidine rings is 1. The van der Waals surface area contributed by atoms with E-state index in [1.807, 2.05) is 18.2 Å². The van der Waals surface area contributed by atoms with Crippen LogP contribution in [-0.2, 0) is 0 Å². The average molecular weight is 343 g/mol. The number of halogens is 2. The molecule has 1 saturated heterocycles. The SMILES string of the molecule is Clc1ccc(Br)c(-c2nc(C3CCCNC3)no2)c1. The lowest BCUT2D eigenvalue weighted by atomic mass is 9.99. The Labute approximate surface area is 124 Å². The number of benzene rings is 1. The molecule has 4 nitrogen and oxygen atoms in total. The van der Waals surface area contributed by atoms with Crippen molar-refractivity contribution in [3.8, 4) is 11.5 Å². The highest BCUT2D eigenvalue weighted by Gasteiger charge is 2.21. The van der Waals surface area contributed by atoms with Gasteiger partial charge in [-0.15, -0.1) is 0 Å². The molecule has 1 fully saturated rings. The van der Waals surface area contributed by atoms with Gasteiger partial charge in [-0.3, -0.25) is 0 Å². The molecule has 0 spiro atoms. The van der Waals surface area contributed by atoms with Crippen LogP contribution in [0.5, 0.6) is 0 Å². The van der Waals surface area contributed by atoms with Crippen molar-refractivity contribution < 1.29 is 4.52 Å². The van der Waals surface area contributed by atoms with E-state index in [2.05, 4.69) is 31.4 Å². The summed E-state index contributed by atoms with van der Waals surface area (Å²) in [6, 6.07) is 5.52. The Balaban J connectivity index is 1.89. The quantitative estimate of drug-likeness (QED) is 0.905. The van der Waals surface area contributed by atoms with Crippen molar-refractivity contribution in [2.45, 2.75) is 18.8 Å². The minimum Gasteiger partial charge on any atom is -0.334 e. The summed E-state index contributed by atoms with van der Waals surface area (Å²) < 4.78 is 6.26. The Morgan fingerprint density at radius 1 is 1.42 bits per heavy atom. The summed E-state index contributed by atoms with van der Waals surface area (Å²) in [5.41, 5.74) is 0.829. The van der Waals surface area contributed by atoms with Crippen LogP contribution in [0.15, 0.2) is 27.2 Å². The standard InChI is InChI=1S/C13H13BrClN3O/c14-11-4-3-9(15)6-10(11)13-17-12(18-19-13)8-2-1-5-16-7-8/h3-4,6,8,16H,1-2,5,7H2. The molecule has 1 unspecified atom stereocenters. The molecular weight excluding hydrogens is 330 g/mol. The maximum Gasteiger partial charge on any atom is 0.259 e. The van der Waals surface area contributed by atoms with Gasteiger partial charge in [0.15, 0.2) is 5.82 Å². The lowest BCUT2D eigenvalue weighted by Crippen LogP contribution is -2.28. The number of hydrogen-bond donors (Lipinski definition) is 1. The Hall–Kier alpha value is -0.910. The number of aromatic nitrogens is 2. The topological polar surface area (TPSA) is 51.0 Å². The second-order valence-electron chi connectivity index (χ2n) is 4.63. The maximum absolute atomic E-state index is 6.00. The zero-order chi connectivity index (χ0) is 13.2. The van der Waals surface area contributed by atoms with Gasteiger partial charge in [-0.1, -0.05) is 16.8 Å². The first-order chi connectivity index (χ1) is 9.24. The van der Waals surface area contributed by atoms with Crippen LogP contribution in [0.3, 0.4) is 0 Å². The van der Waals surface area contributed by atoms with Gasteiger partial charge in [0.25, 0.3) is 5.89 Å². The van der Waals surface area contributed by atoms with Crippen molar-refractivity contribution >= 4 is 27.5 Å². The summed E-state index contributed by atoms with van der Waals surface area (Å²) in [7, 11) is 0. The summed E-state index contributed by atoms with van der Waals surface area (Å²) in [6.45, 7) is 1.98. The van der Waals surface area contributed by atoms with E-state index in [0.717, 1.165) is 41.8 Å². The van der Waals surface area contributed by atoms with E-state index in [0.29, 0.717) is 16.8 Å². The minimum absolute atomic E-state index is 0.337. The molecule has 0 bridgehead atoms. The molecule has 0 saturated carbocycles. The molecular formula is C13H13BrClN3O. The van der Waals surface area contributed by atoms with Crippen LogP contribution in [0.4, 0.5) is 0 Å². The Bertz CT molecular complexity index is 581. The van der Waals surface area contributed by atoms with Crippen molar-refractivity contribution in [3.05, 3.63) is 33.5 Å². The van der Waals surface area contributed by atoms with Crippen LogP contribution >= 0.6 is 27.5 Å². The summed E-state index contributed by atoms with van der Waals surface area (Å²) in [4.78, 5) is 4.50. The molecule has 1 aliphatic heterocycles. The smallest absolute Gasteiger partial charge is 0.259 e. The van der Waals surface area contributed by atoms with E-state index in [4.69, 9.17) is 16.1 Å². The first kappa shape index (κ1) is 13.1. The third-order valence-electron chi connectivity index (χ3n) is 3.26. The fourth-order valence-corrected chi connectivity index (χ4v) is 2.83. The van der Waals surface area contributed by atoms with Crippen molar-refractivity contribution in [2.75, 3.05) is 13.1 Å². The van der Waals surface area contributed by atoms with Crippen LogP contribution in [0.25, 0.3) is 11.5 Å². The Kier molecular flexibility index (Phi) is 3.86. The molecule has 0 amide bonds. The Morgan fingerprint density at radius 2 is 2.32 bits per heavy atom. The van der Waals surface area contributed by atoms with E-state index >= 15 is 0 Å². The summed E-state index contributed by atoms with van der Waals surface area (Å²) in [6.07, 6.45) is 2.25. The van der Waals surface area contributed by atoms with E-state index in [9.17, 15) is 0 Å². The van der Waals surface area contributed by atoms with E-state index in [-0.39, 0.29) is 0 Å². The molecule has 6 heteroatoms. The summed E-state index contributed by atoms with van der Waals surface area (Å²) in [5, 5.41) is 8.10. The van der Waals surface area contributed by atoms with Gasteiger partial charge in [-0.25, -0.2) is 0 Å². The highest BCUT2D eigenvalue weighted by Crippen LogP contribution is 2.31. The molecule has 100 valence electrons. The maximum atomic E-state index is 6.00. The molecule has 0 aliphatic carbocycles. The molecule has 19 heavy (non-hydrogen) atoms. The molecule has 1 aliphatic rings. The lowest BCUT2D eigenvalue weighted by molar-refractivity contribution is 0.393. The molecule has 1 aromatic carbocycles. The van der Waals surface area contributed by atoms with Crippen molar-refractivity contribution in [1.82, 2.24) is 15.5 Å². The van der Waals surface area contributed by atoms with Gasteiger partial charge < -0.3 is 9.84 Å². The number of rotatable bonds is 2. The number of nitrogens with zero attached hydrogens (tertiary/aromatic N) is 2. The van der Waals surface area contributed by atoms with Gasteiger partial charge in [0.05, 0.1) is 5.56 Å². The third-order valence-corrected chi connectivity index (χ3v) is 4.19. The van der Waals surface area contributed by atoms with Gasteiger partial charge in [0.2, 0.25) is 0 Å². The Morgan fingerprint density at radius 3 is 3.11 bits per heavy atom. The lowest BCUT2D eigenvalue weighted by Gasteiger charge is -2.19. The largest absolute Gasteiger partial charge is 0.334 e.